The van der Waals surface area contributed by atoms with Crippen LogP contribution >= 0.6 is 0 Å². The molecule has 448 valence electrons. The molecule has 0 N–H and O–H groups in total. The minimum Gasteiger partial charge on any atom is -0.0776 e. The van der Waals surface area contributed by atoms with Crippen LogP contribution < -0.4 is 0 Å². The maximum Gasteiger partial charge on any atom is 0.0308 e. The van der Waals surface area contributed by atoms with Crippen LogP contribution in [0.25, 0.3) is 0 Å². The van der Waals surface area contributed by atoms with Crippen LogP contribution in [0.5, 0.6) is 0 Å². The predicted molar refractivity (Wildman–Crippen MR) is 340 cm³/mol. The fraction of sp³-hybridized carbons (Fsp3) is 1.00. The average molecular weight is 1110 g/mol. The monoisotopic (exact) mass is 1110 g/mol. The van der Waals surface area contributed by atoms with Crippen molar-refractivity contribution in [3.05, 3.63) is 0 Å². The quantitative estimate of drug-likeness (QED) is 0.263. The summed E-state index contributed by atoms with van der Waals surface area (Å²) in [6.45, 7) is 14.9. The van der Waals surface area contributed by atoms with Crippen molar-refractivity contribution < 1.29 is 68.5 Å². The van der Waals surface area contributed by atoms with Crippen LogP contribution in [-0.4, -0.2) is 0 Å². The van der Waals surface area contributed by atoms with Gasteiger partial charge < -0.3 is 0 Å². The Morgan fingerprint density at radius 1 is 0.355 bits per heavy atom. The van der Waals surface area contributed by atoms with Crippen molar-refractivity contribution in [3.63, 3.8) is 0 Å². The van der Waals surface area contributed by atoms with Crippen LogP contribution in [0.15, 0.2) is 0 Å². The summed E-state index contributed by atoms with van der Waals surface area (Å²) >= 11 is 0. The molecule has 0 amide bonds. The van der Waals surface area contributed by atoms with Gasteiger partial charge in [-0.05, 0) is 332 Å². The fourth-order valence-corrected chi connectivity index (χ4v) is 14.0. The highest BCUT2D eigenvalue weighted by Crippen LogP contribution is 2.56. The SMILES string of the molecule is C.C.C.C.[2H]C([2H])(C)C1([2H])C([2H])([2H])C2([2H])C([2H])([2H])C([2H])(C)C1([2H])C2([2H])[2H].[2H]C([2H])(C)C1([2H])C([2H])([2H])C2([2H])C([2H])([2H])C([2H])(C1([2H])[2H])C2([2H])C.[2H]C([2H])(C)C1CC2CC(C2)C1.[2H]C([2H])(C)C1CC2CCC1C2.[2H]C1(C)CC2CC(C2)C1.[2H]C1([2H])C([2H])(C)C([2H])([2H])C2([2H])C([2H])([2H])C1([2H])C2([2H])C.[2H]C1([2H])C([2H])(C)C2([2H])C([2H])([2H])C1([2H])C([2H])([2H])[C@@]2([2H])C.[2H][C@@]1(C)CC2CCC1C2. The van der Waals surface area contributed by atoms with Gasteiger partial charge in [-0.25, -0.2) is 0 Å². The van der Waals surface area contributed by atoms with Gasteiger partial charge in [0.1, 0.15) is 0 Å². The molecule has 16 unspecified atom stereocenters. The number of rotatable bonds is 4. The van der Waals surface area contributed by atoms with Crippen LogP contribution in [0.2, 0.25) is 0 Å². The Kier molecular flexibility index (Phi) is 10.2. The average Bonchev–Trinajstić information content (AvgIpc) is 0.934. The minimum atomic E-state index is -3.34. The molecule has 0 radical (unpaired) electrons. The summed E-state index contributed by atoms with van der Waals surface area (Å²) in [6, 6.07) is 0. The fourth-order valence-electron chi connectivity index (χ4n) is 14.0. The maximum absolute atomic E-state index is 8.43. The zero-order valence-electron chi connectivity index (χ0n) is 96.1. The first-order valence-electron chi connectivity index (χ1n) is 53.0. The largest absolute Gasteiger partial charge is 0.0776 e. The van der Waals surface area contributed by atoms with Gasteiger partial charge in [-0.1, -0.05) is 151 Å². The Labute approximate surface area is 551 Å². The molecule has 0 aromatic rings. The second-order valence-corrected chi connectivity index (χ2v) is 23.7. The van der Waals surface area contributed by atoms with Crippen LogP contribution in [0.4, 0.5) is 0 Å². The van der Waals surface area contributed by atoms with Gasteiger partial charge in [0.25, 0.3) is 0 Å². The maximum atomic E-state index is 8.43. The molecule has 0 spiro atoms. The molecule has 0 heteroatoms. The molecular formula is C76H144. The third kappa shape index (κ3) is 16.6. The van der Waals surface area contributed by atoms with Gasteiger partial charge in [-0.15, -0.1) is 0 Å². The number of hydrogen-bond donors (Lipinski definition) is 0. The molecule has 76 heavy (non-hydrogen) atoms. The van der Waals surface area contributed by atoms with Crippen LogP contribution in [-0.2, 0) is 0 Å². The summed E-state index contributed by atoms with van der Waals surface area (Å²) < 4.78 is 399. The highest BCUT2D eigenvalue weighted by atomic mass is 14.5. The topological polar surface area (TPSA) is 0 Å². The van der Waals surface area contributed by atoms with Crippen molar-refractivity contribution in [2.45, 2.75) is 317 Å². The summed E-state index contributed by atoms with van der Waals surface area (Å²) in [6.07, 6.45) is -23.5. The van der Waals surface area contributed by atoms with E-state index < -0.39 is 196 Å². The normalized spacial score (nSPS) is 85.5. The molecule has 20 aliphatic rings. The van der Waals surface area contributed by atoms with Crippen LogP contribution in [0.1, 0.15) is 386 Å². The Balaban J connectivity index is 0.000000259. The van der Waals surface area contributed by atoms with Crippen molar-refractivity contribution in [1.82, 2.24) is 0 Å². The predicted octanol–water partition coefficient (Wildman–Crippen LogP) is 24.6. The summed E-state index contributed by atoms with van der Waals surface area (Å²) in [7, 11) is 0. The van der Waals surface area contributed by atoms with E-state index in [4.69, 9.17) is 68.5 Å². The van der Waals surface area contributed by atoms with E-state index in [0.717, 1.165) is 122 Å². The molecular weight excluding hydrogens is 913 g/mol. The molecule has 0 aromatic heterocycles. The van der Waals surface area contributed by atoms with E-state index in [0.29, 0.717) is 11.8 Å². The molecule has 20 saturated carbocycles. The Morgan fingerprint density at radius 3 is 1.12 bits per heavy atom. The molecule has 0 aliphatic heterocycles. The van der Waals surface area contributed by atoms with E-state index in [-0.39, 0.29) is 41.5 Å². The van der Waals surface area contributed by atoms with E-state index >= 15 is 0 Å². The van der Waals surface area contributed by atoms with Gasteiger partial charge in [0.05, 0.1) is 0 Å². The molecule has 20 rings (SSSR count). The van der Waals surface area contributed by atoms with E-state index in [1.807, 2.05) is 0 Å². The molecule has 0 aromatic carbocycles. The van der Waals surface area contributed by atoms with Gasteiger partial charge in [0, 0.05) is 68.5 Å². The first kappa shape index (κ1) is 25.3. The van der Waals surface area contributed by atoms with Crippen molar-refractivity contribution in [3.8, 4) is 0 Å². The van der Waals surface area contributed by atoms with Gasteiger partial charge in [-0.2, -0.15) is 0 Å². The zero-order chi connectivity index (χ0) is 96.1. The zero-order valence-corrected chi connectivity index (χ0v) is 46.1. The summed E-state index contributed by atoms with van der Waals surface area (Å²) in [5.41, 5.74) is 0. The van der Waals surface area contributed by atoms with E-state index in [2.05, 4.69) is 13.8 Å². The third-order valence-corrected chi connectivity index (χ3v) is 18.2. The molecule has 0 heterocycles. The molecule has 0 nitrogen and oxygen atoms in total. The Bertz CT molecular complexity index is 3770. The highest BCUT2D eigenvalue weighted by Gasteiger charge is 2.46. The number of hydrogen-bond acceptors (Lipinski definition) is 0. The molecule has 20 fully saturated rings. The minimum absolute atomic E-state index is 0. The van der Waals surface area contributed by atoms with Crippen molar-refractivity contribution in [2.75, 3.05) is 0 Å². The first-order chi connectivity index (χ1) is 53.0. The second kappa shape index (κ2) is 30.5. The molecule has 16 bridgehead atoms. The standard InChI is InChI=1S/2C10H18.4C9H16.2C8H14.4CH4/c1-3-8-4-9-6-10(5-8)7(9)2;1-3-9-5-8-4-7(2)10(9)6-8;1-6-3-8-4-7(2)9(6)5-8;1-6-3-8-5-9(4-6)7(8)2;1-2-7-3-8-5-9(4-7)6-8;1-2-8-5-7-3-4-9(8)6-7;1-6-2-7-4-8(3-6)5-7;1-6-4-7-2-3-8(6)5-7;;;;/h2*7-10H,3-6H2,1-2H3;2*6-9H,3-5H2,1-2H3;2*7-9H,2-6H2,1H3;2*6-8H,2-5H2,1H3;4*1H4/t;;6-,7?,8?,9?;;;;;6-,7?,8?;;;;/m..1....1..../s1/i2*3D2,4D2,5D2,6D2,7D,8D,9D,10D;2*3D2,4D2,5D2,6D,7D,8D,9D;2*2D2;2*6D;;;;. The van der Waals surface area contributed by atoms with E-state index in [9.17, 15) is 0 Å². The molecule has 0 saturated heterocycles. The summed E-state index contributed by atoms with van der Waals surface area (Å²) in [4.78, 5) is 0. The Hall–Kier alpha value is 0. The molecule has 20 aliphatic carbocycles. The Morgan fingerprint density at radius 2 is 0.816 bits per heavy atom. The van der Waals surface area contributed by atoms with Gasteiger partial charge >= 0.3 is 0 Å². The number of fused-ring (bicyclic) bond motifs is 16. The third-order valence-electron chi connectivity index (χ3n) is 18.2. The lowest BCUT2D eigenvalue weighted by atomic mass is 9.55. The van der Waals surface area contributed by atoms with Gasteiger partial charge in [0.2, 0.25) is 0 Å². The van der Waals surface area contributed by atoms with Crippen molar-refractivity contribution >= 4 is 0 Å². The van der Waals surface area contributed by atoms with Crippen molar-refractivity contribution in [1.29, 1.82) is 0 Å². The first-order valence-corrected chi connectivity index (χ1v) is 28.0. The van der Waals surface area contributed by atoms with Gasteiger partial charge in [-0.3, -0.25) is 0 Å². The van der Waals surface area contributed by atoms with Crippen LogP contribution in [0, 0.1) is 165 Å². The lowest BCUT2D eigenvalue weighted by molar-refractivity contribution is -0.00792. The smallest absolute Gasteiger partial charge is 0.0308 e. The summed E-state index contributed by atoms with van der Waals surface area (Å²) in [5.74, 6) is -36.9. The highest BCUT2D eigenvalue weighted by molar-refractivity contribution is 4.96. The van der Waals surface area contributed by atoms with E-state index in [1.165, 1.54) is 83.5 Å². The van der Waals surface area contributed by atoms with Gasteiger partial charge in [0.15, 0.2) is 0 Å². The van der Waals surface area contributed by atoms with Crippen molar-refractivity contribution in [2.24, 2.45) is 165 Å². The van der Waals surface area contributed by atoms with E-state index in [1.54, 1.807) is 13.8 Å². The molecule has 18 atom stereocenters. The summed E-state index contributed by atoms with van der Waals surface area (Å²) in [5, 5.41) is 0. The second-order valence-electron chi connectivity index (χ2n) is 23.7. The lowest BCUT2D eigenvalue weighted by Crippen LogP contribution is -2.42. The van der Waals surface area contributed by atoms with Crippen LogP contribution in [0.3, 0.4) is 0 Å². The lowest BCUT2D eigenvalue weighted by Gasteiger charge is -2.51.